The highest BCUT2D eigenvalue weighted by Crippen LogP contribution is 1.96. The van der Waals surface area contributed by atoms with Gasteiger partial charge in [0.05, 0.1) is 0 Å². The number of nitrogens with zero attached hydrogens (tertiary/aromatic N) is 2. The van der Waals surface area contributed by atoms with E-state index in [-0.39, 0.29) is 0 Å². The Morgan fingerprint density at radius 1 is 1.33 bits per heavy atom. The van der Waals surface area contributed by atoms with Crippen LogP contribution in [0.1, 0.15) is 13.3 Å². The molecule has 0 aromatic rings. The van der Waals surface area contributed by atoms with Gasteiger partial charge in [-0.15, -0.1) is 6.58 Å². The van der Waals surface area contributed by atoms with E-state index >= 15 is 0 Å². The van der Waals surface area contributed by atoms with Crippen molar-refractivity contribution in [3.8, 4) is 0 Å². The highest BCUT2D eigenvalue weighted by atomic mass is 15.2. The van der Waals surface area contributed by atoms with Crippen LogP contribution < -0.4 is 5.32 Å². The van der Waals surface area contributed by atoms with E-state index in [1.54, 1.807) is 0 Å². The molecule has 0 saturated carbocycles. The molecule has 1 heterocycles. The minimum Gasteiger partial charge on any atom is -0.314 e. The van der Waals surface area contributed by atoms with Crippen LogP contribution in [0.4, 0.5) is 0 Å². The normalized spacial score (nSPS) is 18.3. The minimum absolute atomic E-state index is 1.03. The average Bonchev–Trinajstić information content (AvgIpc) is 2.28. The summed E-state index contributed by atoms with van der Waals surface area (Å²) in [6, 6.07) is 0. The summed E-state index contributed by atoms with van der Waals surface area (Å²) in [6.45, 7) is 15.4. The third kappa shape index (κ3) is 5.30. The van der Waals surface area contributed by atoms with Gasteiger partial charge in [-0.2, -0.15) is 0 Å². The van der Waals surface area contributed by atoms with E-state index in [0.29, 0.717) is 0 Å². The molecule has 0 aromatic carbocycles. The Morgan fingerprint density at radius 2 is 2.07 bits per heavy atom. The molecule has 0 bridgehead atoms. The zero-order chi connectivity index (χ0) is 10.9. The molecule has 0 aromatic heterocycles. The van der Waals surface area contributed by atoms with Crippen LogP contribution in [0.25, 0.3) is 0 Å². The van der Waals surface area contributed by atoms with Gasteiger partial charge in [0, 0.05) is 45.8 Å². The maximum atomic E-state index is 3.81. The highest BCUT2D eigenvalue weighted by Gasteiger charge is 2.10. The third-order valence-electron chi connectivity index (χ3n) is 2.87. The topological polar surface area (TPSA) is 18.5 Å². The van der Waals surface area contributed by atoms with Gasteiger partial charge >= 0.3 is 0 Å². The van der Waals surface area contributed by atoms with Crippen LogP contribution in [0, 0.1) is 0 Å². The molecule has 0 radical (unpaired) electrons. The number of hydrogen-bond acceptors (Lipinski definition) is 3. The van der Waals surface area contributed by atoms with E-state index < -0.39 is 0 Å². The minimum atomic E-state index is 1.03. The predicted octanol–water partition coefficient (Wildman–Crippen LogP) is 0.790. The van der Waals surface area contributed by atoms with Gasteiger partial charge in [0.1, 0.15) is 0 Å². The molecule has 15 heavy (non-hydrogen) atoms. The van der Waals surface area contributed by atoms with Crippen LogP contribution >= 0.6 is 0 Å². The van der Waals surface area contributed by atoms with Gasteiger partial charge in [-0.3, -0.25) is 9.80 Å². The van der Waals surface area contributed by atoms with Crippen molar-refractivity contribution in [2.45, 2.75) is 13.3 Å². The van der Waals surface area contributed by atoms with Gasteiger partial charge in [0.15, 0.2) is 0 Å². The first kappa shape index (κ1) is 12.7. The third-order valence-corrected chi connectivity index (χ3v) is 2.87. The van der Waals surface area contributed by atoms with Crippen molar-refractivity contribution in [3.05, 3.63) is 12.7 Å². The largest absolute Gasteiger partial charge is 0.314 e. The molecular weight excluding hydrogens is 186 g/mol. The second-order valence-corrected chi connectivity index (χ2v) is 4.18. The van der Waals surface area contributed by atoms with Crippen molar-refractivity contribution < 1.29 is 0 Å². The molecule has 3 nitrogen and oxygen atoms in total. The summed E-state index contributed by atoms with van der Waals surface area (Å²) in [5.74, 6) is 0. The summed E-state index contributed by atoms with van der Waals surface area (Å²) >= 11 is 0. The number of nitrogens with one attached hydrogen (secondary N) is 1. The molecule has 1 N–H and O–H groups in total. The maximum Gasteiger partial charge on any atom is 0.0161 e. The molecule has 1 rings (SSSR count). The van der Waals surface area contributed by atoms with Gasteiger partial charge in [-0.25, -0.2) is 0 Å². The smallest absolute Gasteiger partial charge is 0.0161 e. The first-order chi connectivity index (χ1) is 7.36. The molecule has 1 aliphatic rings. The van der Waals surface area contributed by atoms with E-state index in [0.717, 1.165) is 19.6 Å². The molecule has 0 amide bonds. The lowest BCUT2D eigenvalue weighted by Crippen LogP contribution is -2.46. The van der Waals surface area contributed by atoms with E-state index in [9.17, 15) is 0 Å². The molecule has 88 valence electrons. The van der Waals surface area contributed by atoms with Gasteiger partial charge in [-0.1, -0.05) is 13.0 Å². The number of piperazine rings is 1. The van der Waals surface area contributed by atoms with Crippen LogP contribution in [0.3, 0.4) is 0 Å². The molecule has 1 fully saturated rings. The average molecular weight is 211 g/mol. The first-order valence-corrected chi connectivity index (χ1v) is 6.13. The van der Waals surface area contributed by atoms with Gasteiger partial charge < -0.3 is 5.32 Å². The van der Waals surface area contributed by atoms with Crippen molar-refractivity contribution in [1.29, 1.82) is 0 Å². The maximum absolute atomic E-state index is 3.81. The lowest BCUT2D eigenvalue weighted by molar-refractivity contribution is 0.197. The number of rotatable bonds is 7. The quantitative estimate of drug-likeness (QED) is 0.628. The van der Waals surface area contributed by atoms with E-state index in [1.807, 2.05) is 6.08 Å². The second kappa shape index (κ2) is 7.85. The summed E-state index contributed by atoms with van der Waals surface area (Å²) in [4.78, 5) is 5.03. The molecule has 0 atom stereocenters. The van der Waals surface area contributed by atoms with Crippen molar-refractivity contribution in [1.82, 2.24) is 15.1 Å². The fourth-order valence-corrected chi connectivity index (χ4v) is 2.01. The SMILES string of the molecule is C=CCN(CCC)CCN1CCNCC1. The predicted molar refractivity (Wildman–Crippen MR) is 66.2 cm³/mol. The summed E-state index contributed by atoms with van der Waals surface area (Å²) in [7, 11) is 0. The van der Waals surface area contributed by atoms with Crippen LogP contribution in [0.15, 0.2) is 12.7 Å². The molecule has 1 saturated heterocycles. The Balaban J connectivity index is 2.16. The van der Waals surface area contributed by atoms with Gasteiger partial charge in [0.2, 0.25) is 0 Å². The van der Waals surface area contributed by atoms with E-state index in [4.69, 9.17) is 0 Å². The lowest BCUT2D eigenvalue weighted by atomic mass is 10.3. The summed E-state index contributed by atoms with van der Waals surface area (Å²) in [5.41, 5.74) is 0. The summed E-state index contributed by atoms with van der Waals surface area (Å²) in [5, 5.41) is 3.38. The Hall–Kier alpha value is -0.380. The van der Waals surface area contributed by atoms with Crippen LogP contribution in [-0.2, 0) is 0 Å². The van der Waals surface area contributed by atoms with Crippen LogP contribution in [-0.4, -0.2) is 62.2 Å². The van der Waals surface area contributed by atoms with Crippen molar-refractivity contribution in [2.24, 2.45) is 0 Å². The highest BCUT2D eigenvalue weighted by molar-refractivity contribution is 4.75. The lowest BCUT2D eigenvalue weighted by Gasteiger charge is -2.29. The van der Waals surface area contributed by atoms with E-state index in [1.165, 1.54) is 39.1 Å². The summed E-state index contributed by atoms with van der Waals surface area (Å²) in [6.07, 6.45) is 3.24. The molecule has 3 heteroatoms. The molecule has 0 spiro atoms. The van der Waals surface area contributed by atoms with Crippen LogP contribution in [0.2, 0.25) is 0 Å². The van der Waals surface area contributed by atoms with Crippen molar-refractivity contribution in [2.75, 3.05) is 52.4 Å². The number of hydrogen-bond donors (Lipinski definition) is 1. The van der Waals surface area contributed by atoms with Gasteiger partial charge in [0.25, 0.3) is 0 Å². The molecule has 0 unspecified atom stereocenters. The Labute approximate surface area is 94.1 Å². The standard InChI is InChI=1S/C12H25N3/c1-3-7-14(8-4-2)11-12-15-9-5-13-6-10-15/h3,13H,1,4-12H2,2H3. The molecular formula is C12H25N3. The molecule has 1 aliphatic heterocycles. The zero-order valence-corrected chi connectivity index (χ0v) is 10.0. The van der Waals surface area contributed by atoms with Crippen LogP contribution in [0.5, 0.6) is 0 Å². The van der Waals surface area contributed by atoms with E-state index in [2.05, 4.69) is 28.6 Å². The Morgan fingerprint density at radius 3 is 2.67 bits per heavy atom. The van der Waals surface area contributed by atoms with Crippen molar-refractivity contribution in [3.63, 3.8) is 0 Å². The van der Waals surface area contributed by atoms with Gasteiger partial charge in [-0.05, 0) is 13.0 Å². The summed E-state index contributed by atoms with van der Waals surface area (Å²) < 4.78 is 0. The zero-order valence-electron chi connectivity index (χ0n) is 10.0. The monoisotopic (exact) mass is 211 g/mol. The molecule has 0 aliphatic carbocycles. The first-order valence-electron chi connectivity index (χ1n) is 6.13. The van der Waals surface area contributed by atoms with Crippen molar-refractivity contribution >= 4 is 0 Å². The fourth-order valence-electron chi connectivity index (χ4n) is 2.01. The Bertz CT molecular complexity index is 164. The Kier molecular flexibility index (Phi) is 6.64. The second-order valence-electron chi connectivity index (χ2n) is 4.18. The fraction of sp³-hybridized carbons (Fsp3) is 0.833.